The molecule has 1 N–H and O–H groups in total. The van der Waals surface area contributed by atoms with Crippen molar-refractivity contribution in [3.05, 3.63) is 0 Å². The Labute approximate surface area is 144 Å². The zero-order valence-electron chi connectivity index (χ0n) is 14.7. The lowest BCUT2D eigenvalue weighted by Crippen LogP contribution is -2.66. The fourth-order valence-electron chi connectivity index (χ4n) is 6.42. The molecule has 5 nitrogen and oxygen atoms in total. The van der Waals surface area contributed by atoms with Gasteiger partial charge in [0, 0.05) is 18.7 Å². The molecule has 0 aromatic carbocycles. The smallest absolute Gasteiger partial charge is 0.237 e. The molecule has 1 heterocycles. The predicted octanol–water partition coefficient (Wildman–Crippen LogP) is 2.22. The topological polar surface area (TPSA) is 65.4 Å². The summed E-state index contributed by atoms with van der Waals surface area (Å²) in [5.74, 6) is 1.60. The van der Waals surface area contributed by atoms with Crippen molar-refractivity contribution in [1.82, 2.24) is 10.2 Å². The number of nitrogens with one attached hydrogen (secondary N) is 1. The molecular weight excluding hydrogens is 302 g/mol. The van der Waals surface area contributed by atoms with Gasteiger partial charge < -0.3 is 15.0 Å². The Morgan fingerprint density at radius 1 is 1.33 bits per heavy atom. The third-order valence-electron chi connectivity index (χ3n) is 6.79. The highest BCUT2D eigenvalue weighted by atomic mass is 16.5. The van der Waals surface area contributed by atoms with Crippen LogP contribution in [0.5, 0.6) is 0 Å². The van der Waals surface area contributed by atoms with Gasteiger partial charge in [-0.25, -0.2) is 0 Å². The van der Waals surface area contributed by atoms with Crippen molar-refractivity contribution in [1.29, 1.82) is 5.26 Å². The average Bonchev–Trinajstić information content (AvgIpc) is 3.00. The van der Waals surface area contributed by atoms with Crippen LogP contribution in [0.25, 0.3) is 0 Å². The van der Waals surface area contributed by atoms with Gasteiger partial charge in [0.2, 0.25) is 5.91 Å². The number of amides is 1. The predicted molar refractivity (Wildman–Crippen MR) is 90.1 cm³/mol. The molecule has 5 heteroatoms. The number of ether oxygens (including phenoxy) is 1. The summed E-state index contributed by atoms with van der Waals surface area (Å²) in [5.41, 5.74) is 0.133. The molecule has 4 aliphatic carbocycles. The molecule has 0 spiro atoms. The molecule has 3 unspecified atom stereocenters. The van der Waals surface area contributed by atoms with E-state index in [9.17, 15) is 10.1 Å². The number of hydrogen-bond acceptors (Lipinski definition) is 4. The van der Waals surface area contributed by atoms with Crippen molar-refractivity contribution in [2.24, 2.45) is 11.8 Å². The fraction of sp³-hybridized carbons (Fsp3) is 0.895. The molecule has 5 rings (SSSR count). The molecule has 0 aromatic rings. The van der Waals surface area contributed by atoms with Crippen molar-refractivity contribution in [2.75, 3.05) is 19.7 Å². The van der Waals surface area contributed by atoms with Gasteiger partial charge in [-0.1, -0.05) is 0 Å². The van der Waals surface area contributed by atoms with Crippen LogP contribution in [-0.4, -0.2) is 47.7 Å². The highest BCUT2D eigenvalue weighted by Crippen LogP contribution is 2.58. The Kier molecular flexibility index (Phi) is 4.09. The number of nitrogens with zero attached hydrogens (tertiary/aromatic N) is 2. The van der Waals surface area contributed by atoms with E-state index < -0.39 is 0 Å². The summed E-state index contributed by atoms with van der Waals surface area (Å²) >= 11 is 0. The first-order valence-electron chi connectivity index (χ1n) is 9.65. The lowest BCUT2D eigenvalue weighted by molar-refractivity contribution is -0.174. The first-order valence-corrected chi connectivity index (χ1v) is 9.65. The van der Waals surface area contributed by atoms with Gasteiger partial charge in [-0.15, -0.1) is 0 Å². The first-order chi connectivity index (χ1) is 11.6. The lowest BCUT2D eigenvalue weighted by atomic mass is 9.51. The number of carbonyl (C=O) groups is 1. The standard InChI is InChI=1S/C19H29N3O2/c1-2-24-19-9-14-6-15(10-19)8-18(7-14,13-19)21-12-17(23)22-5-3-4-16(22)11-20/h14-16,21H,2-10,12-13H2,1H3. The Balaban J connectivity index is 1.43. The number of nitriles is 1. The zero-order chi connectivity index (χ0) is 16.8. The van der Waals surface area contributed by atoms with Gasteiger partial charge in [0.25, 0.3) is 0 Å². The van der Waals surface area contributed by atoms with Crippen molar-refractivity contribution in [3.8, 4) is 6.07 Å². The van der Waals surface area contributed by atoms with Crippen LogP contribution in [0.15, 0.2) is 0 Å². The summed E-state index contributed by atoms with van der Waals surface area (Å²) in [4.78, 5) is 14.4. The summed E-state index contributed by atoms with van der Waals surface area (Å²) in [5, 5.41) is 12.8. The van der Waals surface area contributed by atoms with Gasteiger partial charge in [0.05, 0.1) is 18.2 Å². The summed E-state index contributed by atoms with van der Waals surface area (Å²) in [6.45, 7) is 3.99. The van der Waals surface area contributed by atoms with Crippen LogP contribution in [0.2, 0.25) is 0 Å². The van der Waals surface area contributed by atoms with Crippen LogP contribution >= 0.6 is 0 Å². The molecule has 132 valence electrons. The summed E-state index contributed by atoms with van der Waals surface area (Å²) < 4.78 is 6.23. The Morgan fingerprint density at radius 2 is 2.08 bits per heavy atom. The molecule has 0 aromatic heterocycles. The van der Waals surface area contributed by atoms with E-state index in [2.05, 4.69) is 18.3 Å². The second-order valence-electron chi connectivity index (χ2n) is 8.59. The Hall–Kier alpha value is -1.12. The van der Waals surface area contributed by atoms with E-state index in [1.54, 1.807) is 4.90 Å². The maximum atomic E-state index is 12.6. The van der Waals surface area contributed by atoms with Crippen molar-refractivity contribution < 1.29 is 9.53 Å². The van der Waals surface area contributed by atoms with Crippen molar-refractivity contribution in [3.63, 3.8) is 0 Å². The highest BCUT2D eigenvalue weighted by Gasteiger charge is 2.58. The maximum Gasteiger partial charge on any atom is 0.237 e. The molecule has 1 saturated heterocycles. The largest absolute Gasteiger partial charge is 0.375 e. The molecule has 4 bridgehead atoms. The normalized spacial score (nSPS) is 43.2. The van der Waals surface area contributed by atoms with Crippen molar-refractivity contribution in [2.45, 2.75) is 75.5 Å². The molecule has 0 radical (unpaired) electrons. The first kappa shape index (κ1) is 16.4. The van der Waals surface area contributed by atoms with Gasteiger partial charge in [-0.05, 0) is 70.1 Å². The monoisotopic (exact) mass is 331 g/mol. The summed E-state index contributed by atoms with van der Waals surface area (Å²) in [6.07, 6.45) is 8.96. The quantitative estimate of drug-likeness (QED) is 0.839. The zero-order valence-corrected chi connectivity index (χ0v) is 14.7. The molecule has 1 amide bonds. The second-order valence-corrected chi connectivity index (χ2v) is 8.59. The molecular formula is C19H29N3O2. The number of carbonyl (C=O) groups excluding carboxylic acids is 1. The molecule has 5 fully saturated rings. The van der Waals surface area contributed by atoms with Crippen LogP contribution in [0.3, 0.4) is 0 Å². The van der Waals surface area contributed by atoms with E-state index >= 15 is 0 Å². The average molecular weight is 331 g/mol. The minimum atomic E-state index is -0.217. The van der Waals surface area contributed by atoms with E-state index in [1.807, 2.05) is 0 Å². The minimum absolute atomic E-state index is 0.0533. The maximum absolute atomic E-state index is 12.6. The highest BCUT2D eigenvalue weighted by molar-refractivity contribution is 5.79. The third-order valence-corrected chi connectivity index (χ3v) is 6.79. The van der Waals surface area contributed by atoms with E-state index in [-0.39, 0.29) is 23.1 Å². The van der Waals surface area contributed by atoms with E-state index in [0.717, 1.165) is 44.2 Å². The Morgan fingerprint density at radius 3 is 2.75 bits per heavy atom. The van der Waals surface area contributed by atoms with Gasteiger partial charge in [-0.2, -0.15) is 5.26 Å². The Bertz CT molecular complexity index is 541. The molecule has 24 heavy (non-hydrogen) atoms. The summed E-state index contributed by atoms with van der Waals surface area (Å²) in [6, 6.07) is 2.05. The lowest BCUT2D eigenvalue weighted by Gasteiger charge is -2.62. The van der Waals surface area contributed by atoms with Crippen LogP contribution in [0.4, 0.5) is 0 Å². The molecule has 1 aliphatic heterocycles. The molecule has 4 saturated carbocycles. The van der Waals surface area contributed by atoms with Crippen LogP contribution in [-0.2, 0) is 9.53 Å². The molecule has 5 aliphatic rings. The third kappa shape index (κ3) is 2.74. The molecule has 3 atom stereocenters. The van der Waals surface area contributed by atoms with Crippen LogP contribution in [0, 0.1) is 23.2 Å². The van der Waals surface area contributed by atoms with Gasteiger partial charge in [0.1, 0.15) is 6.04 Å². The van der Waals surface area contributed by atoms with E-state index in [4.69, 9.17) is 4.74 Å². The van der Waals surface area contributed by atoms with E-state index in [0.29, 0.717) is 6.54 Å². The van der Waals surface area contributed by atoms with Crippen LogP contribution in [0.1, 0.15) is 58.3 Å². The number of rotatable bonds is 5. The van der Waals surface area contributed by atoms with E-state index in [1.165, 1.54) is 32.1 Å². The van der Waals surface area contributed by atoms with Crippen LogP contribution < -0.4 is 5.32 Å². The number of likely N-dealkylation sites (tertiary alicyclic amines) is 1. The van der Waals surface area contributed by atoms with Gasteiger partial charge in [0.15, 0.2) is 0 Å². The SMILES string of the molecule is CCOC12CC3CC(CC(NCC(=O)N4CCCC4C#N)(C3)C1)C2. The fourth-order valence-corrected chi connectivity index (χ4v) is 6.42. The van der Waals surface area contributed by atoms with Gasteiger partial charge in [-0.3, -0.25) is 4.79 Å². The van der Waals surface area contributed by atoms with Gasteiger partial charge >= 0.3 is 0 Å². The summed E-state index contributed by atoms with van der Waals surface area (Å²) in [7, 11) is 0. The van der Waals surface area contributed by atoms with Crippen molar-refractivity contribution >= 4 is 5.91 Å². The number of hydrogen-bond donors (Lipinski definition) is 1. The minimum Gasteiger partial charge on any atom is -0.375 e. The second kappa shape index (κ2) is 6.00.